The van der Waals surface area contributed by atoms with Crippen molar-refractivity contribution in [2.24, 2.45) is 0 Å². The van der Waals surface area contributed by atoms with Crippen LogP contribution in [0.3, 0.4) is 0 Å². The van der Waals surface area contributed by atoms with Crippen molar-refractivity contribution in [2.45, 2.75) is 19.3 Å². The van der Waals surface area contributed by atoms with Gasteiger partial charge in [0.05, 0.1) is 16.8 Å². The van der Waals surface area contributed by atoms with Crippen LogP contribution in [-0.4, -0.2) is 19.6 Å². The molecule has 0 aliphatic rings. The predicted molar refractivity (Wildman–Crippen MR) is 128 cm³/mol. The molecule has 0 aliphatic heterocycles. The van der Waals surface area contributed by atoms with E-state index in [1.165, 1.54) is 20.2 Å². The Hall–Kier alpha value is -2.53. The van der Waals surface area contributed by atoms with Crippen LogP contribution in [0.2, 0.25) is 0 Å². The third-order valence-electron chi connectivity index (χ3n) is 5.69. The summed E-state index contributed by atoms with van der Waals surface area (Å²) in [4.78, 5) is 0. The van der Waals surface area contributed by atoms with Gasteiger partial charge in [0.2, 0.25) is 0 Å². The van der Waals surface area contributed by atoms with Crippen molar-refractivity contribution >= 4 is 42.8 Å². The van der Waals surface area contributed by atoms with Gasteiger partial charge >= 0.3 is 21.1 Å². The molecule has 160 valence electrons. The zero-order valence-corrected chi connectivity index (χ0v) is 21.3. The van der Waals surface area contributed by atoms with E-state index in [2.05, 4.69) is 73.1 Å². The number of hydrogen-bond acceptors (Lipinski definition) is 4. The van der Waals surface area contributed by atoms with E-state index >= 15 is 0 Å². The number of rotatable bonds is 4. The fraction of sp³-hybridized carbons (Fsp3) is 0.120. The minimum atomic E-state index is -0.338. The SMILES string of the molecule is CC(C)(c1ccn(-c2[c-]cc3sccc3c2)n1)c1ccn(-c2[c-]cc3sccc3c2)n1.[Pt+2]. The molecule has 32 heavy (non-hydrogen) atoms. The molecular formula is C25H18N4PtS2. The van der Waals surface area contributed by atoms with Crippen LogP contribution in [-0.2, 0) is 26.5 Å². The first-order chi connectivity index (χ1) is 15.1. The van der Waals surface area contributed by atoms with Crippen LogP contribution in [0.25, 0.3) is 31.5 Å². The van der Waals surface area contributed by atoms with Crippen LogP contribution >= 0.6 is 22.7 Å². The van der Waals surface area contributed by atoms with E-state index in [1.807, 2.05) is 33.9 Å². The third-order valence-corrected chi connectivity index (χ3v) is 7.45. The zero-order valence-electron chi connectivity index (χ0n) is 17.3. The van der Waals surface area contributed by atoms with Gasteiger partial charge in [0.1, 0.15) is 0 Å². The Morgan fingerprint density at radius 3 is 1.69 bits per heavy atom. The summed E-state index contributed by atoms with van der Waals surface area (Å²) in [6, 6.07) is 23.4. The maximum absolute atomic E-state index is 4.87. The van der Waals surface area contributed by atoms with Crippen LogP contribution in [0.4, 0.5) is 0 Å². The summed E-state index contributed by atoms with van der Waals surface area (Å²) in [6.07, 6.45) is 3.99. The average molecular weight is 634 g/mol. The number of hydrogen-bond donors (Lipinski definition) is 0. The van der Waals surface area contributed by atoms with Crippen molar-refractivity contribution in [1.29, 1.82) is 0 Å². The van der Waals surface area contributed by atoms with Gasteiger partial charge in [-0.2, -0.15) is 34.5 Å². The third kappa shape index (κ3) is 3.57. The van der Waals surface area contributed by atoms with Gasteiger partial charge in [0.25, 0.3) is 0 Å². The van der Waals surface area contributed by atoms with E-state index < -0.39 is 0 Å². The predicted octanol–water partition coefficient (Wildman–Crippen LogP) is 6.41. The minimum Gasteiger partial charge on any atom is -0.265 e. The van der Waals surface area contributed by atoms with Gasteiger partial charge in [0, 0.05) is 12.4 Å². The molecule has 0 amide bonds. The van der Waals surface area contributed by atoms with E-state index in [0.29, 0.717) is 0 Å². The molecule has 6 rings (SSSR count). The van der Waals surface area contributed by atoms with Crippen LogP contribution in [0.1, 0.15) is 25.2 Å². The fourth-order valence-electron chi connectivity index (χ4n) is 3.77. The molecule has 7 heteroatoms. The van der Waals surface area contributed by atoms with Gasteiger partial charge in [0.15, 0.2) is 0 Å². The van der Waals surface area contributed by atoms with E-state index in [4.69, 9.17) is 10.2 Å². The Balaban J connectivity index is 0.00000216. The summed E-state index contributed by atoms with van der Waals surface area (Å²) in [5.41, 5.74) is 3.48. The zero-order chi connectivity index (χ0) is 21.0. The van der Waals surface area contributed by atoms with E-state index in [0.717, 1.165) is 22.8 Å². The molecule has 4 heterocycles. The van der Waals surface area contributed by atoms with Gasteiger partial charge in [-0.05, 0) is 48.1 Å². The topological polar surface area (TPSA) is 35.6 Å². The van der Waals surface area contributed by atoms with E-state index in [9.17, 15) is 0 Å². The Morgan fingerprint density at radius 1 is 0.750 bits per heavy atom. The smallest absolute Gasteiger partial charge is 0.265 e. The first kappa shape index (κ1) is 21.3. The Morgan fingerprint density at radius 2 is 1.22 bits per heavy atom. The maximum Gasteiger partial charge on any atom is 2.00 e. The molecule has 0 fully saturated rings. The molecule has 0 spiro atoms. The summed E-state index contributed by atoms with van der Waals surface area (Å²) in [6.45, 7) is 4.31. The molecule has 0 bridgehead atoms. The van der Waals surface area contributed by atoms with Gasteiger partial charge in [-0.25, -0.2) is 22.7 Å². The molecule has 4 nitrogen and oxygen atoms in total. The molecule has 0 aliphatic carbocycles. The van der Waals surface area contributed by atoms with Crippen LogP contribution in [0.15, 0.2) is 71.7 Å². The summed E-state index contributed by atoms with van der Waals surface area (Å²) < 4.78 is 6.26. The molecule has 2 aromatic carbocycles. The van der Waals surface area contributed by atoms with Crippen molar-refractivity contribution in [2.75, 3.05) is 0 Å². The minimum absolute atomic E-state index is 0. The summed E-state index contributed by atoms with van der Waals surface area (Å²) in [5.74, 6) is 0. The van der Waals surface area contributed by atoms with Gasteiger partial charge in [-0.3, -0.25) is 9.36 Å². The first-order valence-electron chi connectivity index (χ1n) is 9.99. The molecule has 0 N–H and O–H groups in total. The van der Waals surface area contributed by atoms with Gasteiger partial charge in [-0.15, -0.1) is 22.9 Å². The Labute approximate surface area is 208 Å². The molecule has 0 atom stereocenters. The monoisotopic (exact) mass is 633 g/mol. The molecule has 4 aromatic heterocycles. The molecule has 0 saturated carbocycles. The second-order valence-electron chi connectivity index (χ2n) is 8.03. The number of aromatic nitrogens is 4. The number of nitrogens with zero attached hydrogens (tertiary/aromatic N) is 4. The van der Waals surface area contributed by atoms with Crippen molar-refractivity contribution in [3.8, 4) is 11.4 Å². The van der Waals surface area contributed by atoms with Crippen LogP contribution in [0, 0.1) is 12.1 Å². The molecule has 0 saturated heterocycles. The molecule has 6 aromatic rings. The Kier molecular flexibility index (Phi) is 5.40. The van der Waals surface area contributed by atoms with Gasteiger partial charge in [-0.1, -0.05) is 21.5 Å². The summed E-state index contributed by atoms with van der Waals surface area (Å²) in [5, 5.41) is 16.4. The van der Waals surface area contributed by atoms with E-state index in [-0.39, 0.29) is 26.5 Å². The van der Waals surface area contributed by atoms with Crippen molar-refractivity contribution in [3.63, 3.8) is 0 Å². The quantitative estimate of drug-likeness (QED) is 0.211. The second kappa shape index (κ2) is 8.11. The van der Waals surface area contributed by atoms with Crippen LogP contribution in [0.5, 0.6) is 0 Å². The standard InChI is InChI=1S/C25H18N4S2.Pt/c1-25(2,23-7-11-28(26-23)19-3-5-21-17(15-19)9-13-30-21)24-8-12-29(27-24)20-4-6-22-18(16-20)10-14-31-22;/h5-16H,1-2H3;/q-2;+2. The van der Waals surface area contributed by atoms with Crippen molar-refractivity contribution in [1.82, 2.24) is 19.6 Å². The molecular weight excluding hydrogens is 616 g/mol. The summed E-state index contributed by atoms with van der Waals surface area (Å²) >= 11 is 3.45. The second-order valence-corrected chi connectivity index (χ2v) is 9.93. The number of thiophene rings is 2. The average Bonchev–Trinajstić information content (AvgIpc) is 3.58. The molecule has 0 unspecified atom stereocenters. The van der Waals surface area contributed by atoms with Crippen molar-refractivity contribution < 1.29 is 21.1 Å². The van der Waals surface area contributed by atoms with Crippen molar-refractivity contribution in [3.05, 3.63) is 95.2 Å². The van der Waals surface area contributed by atoms with Gasteiger partial charge < -0.3 is 0 Å². The maximum atomic E-state index is 4.87. The normalized spacial score (nSPS) is 11.8. The largest absolute Gasteiger partial charge is 2.00 e. The molecule has 0 radical (unpaired) electrons. The summed E-state index contributed by atoms with van der Waals surface area (Å²) in [7, 11) is 0. The number of benzene rings is 2. The van der Waals surface area contributed by atoms with Crippen LogP contribution < -0.4 is 0 Å². The first-order valence-corrected chi connectivity index (χ1v) is 11.7. The fourth-order valence-corrected chi connectivity index (χ4v) is 5.27. The van der Waals surface area contributed by atoms with E-state index in [1.54, 1.807) is 22.7 Å². The number of fused-ring (bicyclic) bond motifs is 2. The Bertz CT molecular complexity index is 1420.